The number of aromatic nitrogens is 1. The normalized spacial score (nSPS) is 13.2. The van der Waals surface area contributed by atoms with E-state index >= 15 is 5.78 Å². The van der Waals surface area contributed by atoms with E-state index in [9.17, 15) is 0 Å². The van der Waals surface area contributed by atoms with Crippen LogP contribution in [0.15, 0.2) is 54.7 Å². The first-order chi connectivity index (χ1) is 14.4. The zero-order valence-electron chi connectivity index (χ0n) is 19.3. The average Bonchev–Trinajstić information content (AvgIpc) is 2.68. The molecule has 4 aromatic rings. The quantitative estimate of drug-likeness (QED) is 0.152. The van der Waals surface area contributed by atoms with Crippen molar-refractivity contribution < 1.29 is 10.4 Å². The van der Waals surface area contributed by atoms with Crippen molar-refractivity contribution in [3.63, 3.8) is 0 Å². The number of halogens is 2. The first-order valence-electron chi connectivity index (χ1n) is 10.6. The summed E-state index contributed by atoms with van der Waals surface area (Å²) in [6, 6.07) is 16.0. The number of fused-ring (bicyclic) bond motifs is 3. The Hall–Kier alpha value is -2.02. The van der Waals surface area contributed by atoms with E-state index in [4.69, 9.17) is 0 Å². The summed E-state index contributed by atoms with van der Waals surface area (Å²) in [6.07, 6.45) is 2.11. The number of hydrogen-bond acceptors (Lipinski definition) is 0. The van der Waals surface area contributed by atoms with E-state index in [1.54, 1.807) is 32.9 Å². The number of rotatable bonds is 2. The molecule has 1 aromatic heterocycles. The van der Waals surface area contributed by atoms with Gasteiger partial charge in [-0.15, -0.1) is 0 Å². The summed E-state index contributed by atoms with van der Waals surface area (Å²) in [5.41, 5.74) is 6.01. The van der Waals surface area contributed by atoms with Crippen LogP contribution in [0.1, 0.15) is 37.5 Å². The molecule has 162 valence electrons. The molecule has 1 nitrogen and oxygen atoms in total. The van der Waals surface area contributed by atoms with Crippen molar-refractivity contribution >= 4 is 44.5 Å². The Balaban J connectivity index is 2.04. The number of aryl methyl sites for hydroxylation is 3. The maximum atomic E-state index is 15.3. The van der Waals surface area contributed by atoms with Crippen LogP contribution in [0.25, 0.3) is 32.8 Å². The zero-order chi connectivity index (χ0) is 22.7. The Kier molecular flexibility index (Phi) is 5.39. The molecule has 0 atom stereocenters. The van der Waals surface area contributed by atoms with Crippen molar-refractivity contribution in [1.29, 1.82) is 0 Å². The summed E-state index contributed by atoms with van der Waals surface area (Å²) in [5, 5.41) is 4.00. The summed E-state index contributed by atoms with van der Waals surface area (Å²) in [6.45, 7) is 11.4. The second-order valence-corrected chi connectivity index (χ2v) is 17.1. The summed E-state index contributed by atoms with van der Waals surface area (Å²) in [7, 11) is 2.05. The van der Waals surface area contributed by atoms with Crippen LogP contribution < -0.4 is 8.18 Å². The van der Waals surface area contributed by atoms with Crippen molar-refractivity contribution in [2.24, 2.45) is 7.05 Å². The van der Waals surface area contributed by atoms with Crippen LogP contribution in [0, 0.1) is 20.8 Å². The standard InChI is InChI=1S/C27H30F2NTe/c1-17-12-18(2)19(3)23(13-17)26-15-25-21(16-30(26)7)9-8-20-10-11-22(14-24(20)25)31(28,29)27(4,5)6/h8-16H,1-7H3/q+1. The van der Waals surface area contributed by atoms with E-state index in [-0.39, 0.29) is 3.61 Å². The van der Waals surface area contributed by atoms with Crippen molar-refractivity contribution in [3.8, 4) is 11.3 Å². The van der Waals surface area contributed by atoms with Gasteiger partial charge in [0.1, 0.15) is 0 Å². The monoisotopic (exact) mass is 536 g/mol. The molecule has 0 saturated carbocycles. The minimum absolute atomic E-state index is 0.257. The number of hydrogen-bond donors (Lipinski definition) is 0. The van der Waals surface area contributed by atoms with E-state index in [2.05, 4.69) is 62.8 Å². The zero-order valence-corrected chi connectivity index (χ0v) is 21.6. The number of pyridine rings is 1. The van der Waals surface area contributed by atoms with Gasteiger partial charge in [0.25, 0.3) is 0 Å². The van der Waals surface area contributed by atoms with E-state index < -0.39 is 22.8 Å². The van der Waals surface area contributed by atoms with Crippen molar-refractivity contribution in [1.82, 2.24) is 0 Å². The van der Waals surface area contributed by atoms with Gasteiger partial charge >= 0.3 is 190 Å². The Morgan fingerprint density at radius 3 is 2.10 bits per heavy atom. The topological polar surface area (TPSA) is 3.88 Å². The maximum absolute atomic E-state index is 15.3. The van der Waals surface area contributed by atoms with Gasteiger partial charge in [-0.05, 0) is 0 Å². The van der Waals surface area contributed by atoms with E-state index in [1.165, 1.54) is 22.3 Å². The van der Waals surface area contributed by atoms with Crippen molar-refractivity contribution in [2.45, 2.75) is 45.0 Å². The fourth-order valence-corrected chi connectivity index (χ4v) is 7.67. The molecule has 4 rings (SSSR count). The molecule has 0 aliphatic rings. The molecule has 0 bridgehead atoms. The van der Waals surface area contributed by atoms with Crippen LogP contribution >= 0.6 is 0 Å². The van der Waals surface area contributed by atoms with Gasteiger partial charge in [-0.25, -0.2) is 0 Å². The second kappa shape index (κ2) is 7.54. The van der Waals surface area contributed by atoms with Gasteiger partial charge in [-0.3, -0.25) is 0 Å². The fourth-order valence-electron chi connectivity index (χ4n) is 4.22. The van der Waals surface area contributed by atoms with Gasteiger partial charge in [0.15, 0.2) is 0 Å². The molecule has 4 heteroatoms. The molecule has 0 aliphatic carbocycles. The van der Waals surface area contributed by atoms with Gasteiger partial charge in [0.05, 0.1) is 0 Å². The van der Waals surface area contributed by atoms with Crippen molar-refractivity contribution in [2.75, 3.05) is 0 Å². The summed E-state index contributed by atoms with van der Waals surface area (Å²) < 4.78 is 32.1. The van der Waals surface area contributed by atoms with Gasteiger partial charge in [-0.2, -0.15) is 0 Å². The van der Waals surface area contributed by atoms with Crippen LogP contribution in [0.2, 0.25) is 3.46 Å². The second-order valence-electron chi connectivity index (χ2n) is 9.56. The fraction of sp³-hybridized carbons (Fsp3) is 0.296. The van der Waals surface area contributed by atoms with Gasteiger partial charge in [-0.1, -0.05) is 0 Å². The molecule has 0 aliphatic heterocycles. The third kappa shape index (κ3) is 3.75. The predicted octanol–water partition coefficient (Wildman–Crippen LogP) is 6.80. The van der Waals surface area contributed by atoms with Gasteiger partial charge in [0, 0.05) is 0 Å². The summed E-state index contributed by atoms with van der Waals surface area (Å²) in [5.74, 6) is 0. The molecule has 3 aromatic carbocycles. The summed E-state index contributed by atoms with van der Waals surface area (Å²) in [4.78, 5) is 0. The molecular formula is C27H30F2NTe+. The molecule has 0 N–H and O–H groups in total. The Morgan fingerprint density at radius 1 is 0.806 bits per heavy atom. The third-order valence-corrected chi connectivity index (χ3v) is 13.0. The molecule has 31 heavy (non-hydrogen) atoms. The van der Waals surface area contributed by atoms with E-state index in [0.717, 1.165) is 27.2 Å². The number of nitrogens with zero attached hydrogens (tertiary/aromatic N) is 1. The Morgan fingerprint density at radius 2 is 1.42 bits per heavy atom. The first kappa shape index (κ1) is 22.2. The van der Waals surface area contributed by atoms with E-state index in [1.807, 2.05) is 12.1 Å². The predicted molar refractivity (Wildman–Crippen MR) is 130 cm³/mol. The minimum atomic E-state index is -5.22. The first-order valence-corrected chi connectivity index (χ1v) is 14.7. The Bertz CT molecular complexity index is 1330. The summed E-state index contributed by atoms with van der Waals surface area (Å²) >= 11 is -5.22. The molecule has 0 amide bonds. The Labute approximate surface area is 189 Å². The molecule has 1 heterocycles. The SMILES string of the molecule is Cc1cc(C)c(C)c(-c2cc3c(ccc4ccc([Te](F)(F)C(C)(C)C)cc43)c[n+]2C)c1. The average molecular weight is 534 g/mol. The number of benzene rings is 3. The van der Waals surface area contributed by atoms with Crippen LogP contribution in [0.5, 0.6) is 0 Å². The molecule has 0 fully saturated rings. The van der Waals surface area contributed by atoms with Crippen molar-refractivity contribution in [3.05, 3.63) is 71.4 Å². The van der Waals surface area contributed by atoms with Gasteiger partial charge in [0.2, 0.25) is 0 Å². The molecule has 0 spiro atoms. The van der Waals surface area contributed by atoms with Crippen LogP contribution in [-0.2, 0) is 7.05 Å². The third-order valence-electron chi connectivity index (χ3n) is 6.21. The van der Waals surface area contributed by atoms with Crippen LogP contribution in [-0.4, -0.2) is 19.3 Å². The molecule has 0 unspecified atom stereocenters. The van der Waals surface area contributed by atoms with E-state index in [0.29, 0.717) is 0 Å². The van der Waals surface area contributed by atoms with Gasteiger partial charge < -0.3 is 0 Å². The molecule has 0 saturated heterocycles. The van der Waals surface area contributed by atoms with Crippen LogP contribution in [0.4, 0.5) is 5.78 Å². The molecular weight excluding hydrogens is 504 g/mol. The van der Waals surface area contributed by atoms with Crippen LogP contribution in [0.3, 0.4) is 0 Å². The molecule has 0 radical (unpaired) electrons.